The predicted molar refractivity (Wildman–Crippen MR) is 70.8 cm³/mol. The van der Waals surface area contributed by atoms with Gasteiger partial charge in [0.05, 0.1) is 0 Å². The number of nitrogens with two attached hydrogens (primary N) is 1. The zero-order valence-corrected chi connectivity index (χ0v) is 10.9. The molecule has 0 saturated heterocycles. The molecule has 19 heavy (non-hydrogen) atoms. The first kappa shape index (κ1) is 13.4. The maximum atomic E-state index is 12.1. The van der Waals surface area contributed by atoms with Crippen molar-refractivity contribution >= 4 is 11.6 Å². The van der Waals surface area contributed by atoms with E-state index in [-0.39, 0.29) is 24.2 Å². The average molecular weight is 266 g/mol. The fourth-order valence-electron chi connectivity index (χ4n) is 1.86. The number of hydrogen-bond acceptors (Lipinski definition) is 4. The summed E-state index contributed by atoms with van der Waals surface area (Å²) in [5, 5.41) is 2.74. The number of hydrogen-bond donors (Lipinski definition) is 2. The summed E-state index contributed by atoms with van der Waals surface area (Å²) in [6.07, 6.45) is 3.99. The van der Waals surface area contributed by atoms with Gasteiger partial charge in [-0.1, -0.05) is 6.92 Å². The molecule has 0 spiro atoms. The van der Waals surface area contributed by atoms with Crippen LogP contribution in [-0.4, -0.2) is 21.1 Å². The fourth-order valence-corrected chi connectivity index (χ4v) is 1.86. The minimum Gasteiger partial charge on any atom is -0.393 e. The molecule has 1 saturated carbocycles. The van der Waals surface area contributed by atoms with Gasteiger partial charge >= 0.3 is 5.69 Å². The Morgan fingerprint density at radius 3 is 2.74 bits per heavy atom. The molecule has 2 rings (SSSR count). The van der Waals surface area contributed by atoms with E-state index in [1.54, 1.807) is 0 Å². The molecule has 7 nitrogen and oxygen atoms in total. The molecule has 0 aromatic carbocycles. The number of nitrogens with zero attached hydrogens (tertiary/aromatic N) is 2. The second-order valence-corrected chi connectivity index (χ2v) is 4.79. The van der Waals surface area contributed by atoms with Crippen LogP contribution in [0.2, 0.25) is 0 Å². The van der Waals surface area contributed by atoms with Crippen LogP contribution in [0.3, 0.4) is 0 Å². The topological polar surface area (TPSA) is 99.1 Å². The first-order valence-corrected chi connectivity index (χ1v) is 6.42. The van der Waals surface area contributed by atoms with E-state index in [9.17, 15) is 14.4 Å². The normalized spacial score (nSPS) is 14.4. The molecular weight excluding hydrogens is 248 g/mol. The van der Waals surface area contributed by atoms with Crippen LogP contribution in [0.4, 0.5) is 5.69 Å². The van der Waals surface area contributed by atoms with Crippen molar-refractivity contribution < 1.29 is 4.79 Å². The number of carbonyl (C=O) groups excluding carboxylic acids is 1. The van der Waals surface area contributed by atoms with E-state index in [0.29, 0.717) is 6.54 Å². The molecular formula is C12H18N4O3. The van der Waals surface area contributed by atoms with E-state index in [1.807, 2.05) is 6.92 Å². The molecule has 0 aliphatic heterocycles. The van der Waals surface area contributed by atoms with Crippen molar-refractivity contribution in [2.75, 3.05) is 5.73 Å². The second-order valence-electron chi connectivity index (χ2n) is 4.79. The molecule has 1 fully saturated rings. The average Bonchev–Trinajstić information content (AvgIpc) is 3.15. The monoisotopic (exact) mass is 266 g/mol. The summed E-state index contributed by atoms with van der Waals surface area (Å²) in [5.41, 5.74) is 4.46. The molecule has 1 aromatic heterocycles. The molecule has 1 amide bonds. The van der Waals surface area contributed by atoms with E-state index in [4.69, 9.17) is 5.73 Å². The lowest BCUT2D eigenvalue weighted by Gasteiger charge is -2.10. The molecule has 0 atom stereocenters. The minimum absolute atomic E-state index is 0.0210. The van der Waals surface area contributed by atoms with Crippen molar-refractivity contribution in [3.05, 3.63) is 27.0 Å². The van der Waals surface area contributed by atoms with Crippen LogP contribution in [0, 0.1) is 0 Å². The second kappa shape index (κ2) is 5.29. The molecule has 0 bridgehead atoms. The highest BCUT2D eigenvalue weighted by molar-refractivity contribution is 5.76. The van der Waals surface area contributed by atoms with Crippen molar-refractivity contribution in [3.8, 4) is 0 Å². The largest absolute Gasteiger partial charge is 0.393 e. The van der Waals surface area contributed by atoms with E-state index in [2.05, 4.69) is 5.32 Å². The molecule has 1 heterocycles. The SMILES string of the molecule is CCCn1cc(N)c(=O)n(CC(=O)NC2CC2)c1=O. The number of carbonyl (C=O) groups is 1. The van der Waals surface area contributed by atoms with Gasteiger partial charge in [0.2, 0.25) is 5.91 Å². The number of anilines is 1. The molecule has 3 N–H and O–H groups in total. The summed E-state index contributed by atoms with van der Waals surface area (Å²) in [4.78, 5) is 35.6. The summed E-state index contributed by atoms with van der Waals surface area (Å²) in [6.45, 7) is 2.11. The Bertz CT molecular complexity index is 598. The molecule has 0 radical (unpaired) electrons. The van der Waals surface area contributed by atoms with Gasteiger partial charge in [0, 0.05) is 18.8 Å². The summed E-state index contributed by atoms with van der Waals surface area (Å²) in [7, 11) is 0. The highest BCUT2D eigenvalue weighted by Crippen LogP contribution is 2.18. The van der Waals surface area contributed by atoms with Crippen LogP contribution in [0.1, 0.15) is 26.2 Å². The smallest absolute Gasteiger partial charge is 0.331 e. The van der Waals surface area contributed by atoms with E-state index >= 15 is 0 Å². The molecule has 7 heteroatoms. The number of nitrogen functional groups attached to an aromatic ring is 1. The highest BCUT2D eigenvalue weighted by Gasteiger charge is 2.24. The lowest BCUT2D eigenvalue weighted by Crippen LogP contribution is -2.44. The van der Waals surface area contributed by atoms with Gasteiger partial charge in [0.25, 0.3) is 5.56 Å². The Labute approximate surface area is 110 Å². The number of rotatable bonds is 5. The molecule has 1 aliphatic carbocycles. The number of nitrogens with one attached hydrogen (secondary N) is 1. The highest BCUT2D eigenvalue weighted by atomic mass is 16.2. The van der Waals surface area contributed by atoms with Crippen molar-refractivity contribution in [1.82, 2.24) is 14.5 Å². The number of amides is 1. The van der Waals surface area contributed by atoms with Crippen LogP contribution in [0.5, 0.6) is 0 Å². The van der Waals surface area contributed by atoms with Crippen molar-refractivity contribution in [2.24, 2.45) is 0 Å². The van der Waals surface area contributed by atoms with E-state index < -0.39 is 11.2 Å². The van der Waals surface area contributed by atoms with Gasteiger partial charge < -0.3 is 11.1 Å². The summed E-state index contributed by atoms with van der Waals surface area (Å²) in [5.74, 6) is -0.324. The number of aromatic nitrogens is 2. The Hall–Kier alpha value is -2.05. The zero-order chi connectivity index (χ0) is 14.0. The van der Waals surface area contributed by atoms with Crippen molar-refractivity contribution in [3.63, 3.8) is 0 Å². The Balaban J connectivity index is 2.29. The molecule has 104 valence electrons. The van der Waals surface area contributed by atoms with Crippen LogP contribution in [-0.2, 0) is 17.9 Å². The zero-order valence-electron chi connectivity index (χ0n) is 10.9. The standard InChI is InChI=1S/C12H18N4O3/c1-2-5-15-6-9(13)11(18)16(12(15)19)7-10(17)14-8-3-4-8/h6,8H,2-5,7,13H2,1H3,(H,14,17). The first-order chi connectivity index (χ1) is 9.02. The third-order valence-electron chi connectivity index (χ3n) is 2.97. The predicted octanol–water partition coefficient (Wildman–Crippen LogP) is -0.719. The van der Waals surface area contributed by atoms with Gasteiger partial charge in [-0.2, -0.15) is 0 Å². The van der Waals surface area contributed by atoms with Crippen LogP contribution < -0.4 is 22.3 Å². The minimum atomic E-state index is -0.608. The van der Waals surface area contributed by atoms with Gasteiger partial charge in [-0.15, -0.1) is 0 Å². The Morgan fingerprint density at radius 2 is 2.16 bits per heavy atom. The lowest BCUT2D eigenvalue weighted by atomic mass is 10.4. The quantitative estimate of drug-likeness (QED) is 0.734. The van der Waals surface area contributed by atoms with E-state index in [1.165, 1.54) is 10.8 Å². The Morgan fingerprint density at radius 1 is 1.47 bits per heavy atom. The third kappa shape index (κ3) is 3.04. The van der Waals surface area contributed by atoms with Crippen molar-refractivity contribution in [1.29, 1.82) is 0 Å². The maximum Gasteiger partial charge on any atom is 0.331 e. The van der Waals surface area contributed by atoms with Crippen LogP contribution in [0.25, 0.3) is 0 Å². The van der Waals surface area contributed by atoms with E-state index in [0.717, 1.165) is 23.8 Å². The van der Waals surface area contributed by atoms with Gasteiger partial charge in [-0.05, 0) is 19.3 Å². The van der Waals surface area contributed by atoms with Crippen LogP contribution in [0.15, 0.2) is 15.8 Å². The summed E-state index contributed by atoms with van der Waals surface area (Å²) < 4.78 is 2.25. The Kier molecular flexibility index (Phi) is 3.73. The van der Waals surface area contributed by atoms with Gasteiger partial charge in [0.1, 0.15) is 12.2 Å². The summed E-state index contributed by atoms with van der Waals surface area (Å²) >= 11 is 0. The summed E-state index contributed by atoms with van der Waals surface area (Å²) in [6, 6.07) is 0.196. The molecule has 1 aromatic rings. The lowest BCUT2D eigenvalue weighted by molar-refractivity contribution is -0.121. The maximum absolute atomic E-state index is 12.1. The van der Waals surface area contributed by atoms with Gasteiger partial charge in [-0.25, -0.2) is 9.36 Å². The molecule has 1 aliphatic rings. The van der Waals surface area contributed by atoms with Crippen LogP contribution >= 0.6 is 0 Å². The van der Waals surface area contributed by atoms with Crippen molar-refractivity contribution in [2.45, 2.75) is 45.3 Å². The molecule has 0 unspecified atom stereocenters. The third-order valence-corrected chi connectivity index (χ3v) is 2.97. The fraction of sp³-hybridized carbons (Fsp3) is 0.583. The van der Waals surface area contributed by atoms with Gasteiger partial charge in [0.15, 0.2) is 0 Å². The first-order valence-electron chi connectivity index (χ1n) is 6.42. The van der Waals surface area contributed by atoms with Gasteiger partial charge in [-0.3, -0.25) is 14.2 Å². The number of aryl methyl sites for hydroxylation is 1.